The lowest BCUT2D eigenvalue weighted by Gasteiger charge is -2.28. The van der Waals surface area contributed by atoms with Crippen molar-refractivity contribution in [2.45, 2.75) is 51.0 Å². The maximum Gasteiger partial charge on any atom is 0.306 e. The van der Waals surface area contributed by atoms with E-state index in [0.717, 1.165) is 67.8 Å². The summed E-state index contributed by atoms with van der Waals surface area (Å²) >= 11 is 0. The van der Waals surface area contributed by atoms with Crippen molar-refractivity contribution in [3.8, 4) is 11.4 Å². The van der Waals surface area contributed by atoms with Gasteiger partial charge in [-0.05, 0) is 57.1 Å². The van der Waals surface area contributed by atoms with Crippen LogP contribution in [0.25, 0.3) is 11.4 Å². The minimum Gasteiger partial charge on any atom is -0.481 e. The summed E-state index contributed by atoms with van der Waals surface area (Å²) in [6.07, 6.45) is 9.86. The van der Waals surface area contributed by atoms with E-state index >= 15 is 0 Å². The van der Waals surface area contributed by atoms with Crippen LogP contribution in [0.3, 0.4) is 0 Å². The van der Waals surface area contributed by atoms with E-state index in [-0.39, 0.29) is 12.0 Å². The van der Waals surface area contributed by atoms with Gasteiger partial charge in [0.05, 0.1) is 5.92 Å². The highest BCUT2D eigenvalue weighted by molar-refractivity contribution is 5.70. The Kier molecular flexibility index (Phi) is 4.34. The number of fused-ring (bicyclic) bond motifs is 1. The third kappa shape index (κ3) is 3.34. The molecule has 130 valence electrons. The van der Waals surface area contributed by atoms with Crippen LogP contribution in [-0.4, -0.2) is 32.1 Å². The van der Waals surface area contributed by atoms with Crippen LogP contribution in [0.1, 0.15) is 43.4 Å². The number of aryl methyl sites for hydroxylation is 1. The summed E-state index contributed by atoms with van der Waals surface area (Å²) in [5.41, 5.74) is 3.29. The molecule has 2 aliphatic carbocycles. The van der Waals surface area contributed by atoms with Crippen molar-refractivity contribution in [3.63, 3.8) is 0 Å². The smallest absolute Gasteiger partial charge is 0.306 e. The minimum absolute atomic E-state index is 0.194. The molecule has 0 radical (unpaired) electrons. The molecule has 0 amide bonds. The molecule has 2 aromatic rings. The van der Waals surface area contributed by atoms with E-state index in [1.54, 1.807) is 12.4 Å². The van der Waals surface area contributed by atoms with Crippen LogP contribution in [-0.2, 0) is 17.6 Å². The van der Waals surface area contributed by atoms with Gasteiger partial charge in [-0.15, -0.1) is 0 Å². The quantitative estimate of drug-likeness (QED) is 0.891. The van der Waals surface area contributed by atoms with Crippen LogP contribution >= 0.6 is 0 Å². The number of anilines is 1. The third-order valence-corrected chi connectivity index (χ3v) is 5.27. The van der Waals surface area contributed by atoms with E-state index in [9.17, 15) is 4.79 Å². The van der Waals surface area contributed by atoms with Crippen LogP contribution in [0.5, 0.6) is 0 Å². The average molecular weight is 338 g/mol. The van der Waals surface area contributed by atoms with E-state index in [2.05, 4.69) is 10.3 Å². The highest BCUT2D eigenvalue weighted by Gasteiger charge is 2.27. The Morgan fingerprint density at radius 2 is 2.00 bits per heavy atom. The summed E-state index contributed by atoms with van der Waals surface area (Å²) < 4.78 is 0. The van der Waals surface area contributed by atoms with Gasteiger partial charge in [-0.3, -0.25) is 9.78 Å². The second kappa shape index (κ2) is 6.78. The number of aliphatic carboxylic acids is 1. The van der Waals surface area contributed by atoms with Gasteiger partial charge in [0.1, 0.15) is 5.82 Å². The van der Waals surface area contributed by atoms with Gasteiger partial charge in [0.15, 0.2) is 5.82 Å². The number of carboxylic acid groups (broad SMARTS) is 1. The Morgan fingerprint density at radius 3 is 2.72 bits per heavy atom. The van der Waals surface area contributed by atoms with Crippen molar-refractivity contribution in [1.29, 1.82) is 0 Å². The van der Waals surface area contributed by atoms with Crippen LogP contribution in [0.2, 0.25) is 0 Å². The van der Waals surface area contributed by atoms with Crippen molar-refractivity contribution in [1.82, 2.24) is 15.0 Å². The fraction of sp³-hybridized carbons (Fsp3) is 0.474. The molecule has 4 rings (SSSR count). The monoisotopic (exact) mass is 338 g/mol. The summed E-state index contributed by atoms with van der Waals surface area (Å²) in [6.45, 7) is 0. The molecule has 6 nitrogen and oxygen atoms in total. The van der Waals surface area contributed by atoms with Crippen molar-refractivity contribution >= 4 is 11.8 Å². The maximum absolute atomic E-state index is 11.1. The Bertz CT molecular complexity index is 770. The summed E-state index contributed by atoms with van der Waals surface area (Å²) in [4.78, 5) is 24.8. The van der Waals surface area contributed by atoms with Crippen molar-refractivity contribution in [2.24, 2.45) is 5.92 Å². The molecule has 0 bridgehead atoms. The molecule has 1 fully saturated rings. The second-order valence-corrected chi connectivity index (χ2v) is 6.95. The normalized spacial score (nSPS) is 22.4. The number of nitrogens with one attached hydrogen (secondary N) is 1. The van der Waals surface area contributed by atoms with Gasteiger partial charge in [-0.25, -0.2) is 9.97 Å². The first-order valence-corrected chi connectivity index (χ1v) is 9.00. The number of carbonyl (C=O) groups is 1. The van der Waals surface area contributed by atoms with Gasteiger partial charge in [0.25, 0.3) is 0 Å². The number of aromatic nitrogens is 3. The van der Waals surface area contributed by atoms with E-state index in [1.807, 2.05) is 12.1 Å². The lowest BCUT2D eigenvalue weighted by molar-refractivity contribution is -0.142. The van der Waals surface area contributed by atoms with Gasteiger partial charge >= 0.3 is 5.97 Å². The fourth-order valence-electron chi connectivity index (χ4n) is 3.85. The molecule has 2 aromatic heterocycles. The molecule has 0 atom stereocenters. The molecule has 2 aliphatic rings. The molecule has 1 saturated carbocycles. The number of rotatable bonds is 4. The first-order chi connectivity index (χ1) is 12.2. The van der Waals surface area contributed by atoms with Crippen LogP contribution in [0.4, 0.5) is 5.82 Å². The average Bonchev–Trinajstić information content (AvgIpc) is 3.12. The molecule has 0 saturated heterocycles. The molecule has 0 aliphatic heterocycles. The summed E-state index contributed by atoms with van der Waals surface area (Å²) in [5, 5.41) is 12.7. The van der Waals surface area contributed by atoms with Crippen molar-refractivity contribution < 1.29 is 9.90 Å². The van der Waals surface area contributed by atoms with E-state index in [1.165, 1.54) is 5.56 Å². The lowest BCUT2D eigenvalue weighted by Crippen LogP contribution is -2.30. The minimum atomic E-state index is -0.666. The maximum atomic E-state index is 11.1. The number of hydrogen-bond donors (Lipinski definition) is 2. The zero-order valence-electron chi connectivity index (χ0n) is 14.1. The van der Waals surface area contributed by atoms with E-state index in [4.69, 9.17) is 15.1 Å². The Balaban J connectivity index is 1.57. The molecule has 25 heavy (non-hydrogen) atoms. The molecular formula is C19H22N4O2. The summed E-state index contributed by atoms with van der Waals surface area (Å²) in [7, 11) is 0. The van der Waals surface area contributed by atoms with Gasteiger partial charge in [0, 0.05) is 35.3 Å². The van der Waals surface area contributed by atoms with Crippen LogP contribution in [0.15, 0.2) is 24.5 Å². The van der Waals surface area contributed by atoms with Gasteiger partial charge in [0.2, 0.25) is 0 Å². The molecule has 2 N–H and O–H groups in total. The largest absolute Gasteiger partial charge is 0.481 e. The van der Waals surface area contributed by atoms with Crippen molar-refractivity contribution in [3.05, 3.63) is 35.8 Å². The molecule has 2 heterocycles. The number of pyridine rings is 1. The van der Waals surface area contributed by atoms with E-state index < -0.39 is 5.97 Å². The SMILES string of the molecule is O=C(O)C1CCC(Nc2nc(-c3cccnc3)nc3c2CCC3)CC1. The van der Waals surface area contributed by atoms with Gasteiger partial charge < -0.3 is 10.4 Å². The summed E-state index contributed by atoms with van der Waals surface area (Å²) in [5.74, 6) is 0.788. The molecule has 0 aromatic carbocycles. The van der Waals surface area contributed by atoms with E-state index in [0.29, 0.717) is 0 Å². The Morgan fingerprint density at radius 1 is 1.16 bits per heavy atom. The zero-order valence-corrected chi connectivity index (χ0v) is 14.1. The number of carboxylic acids is 1. The first-order valence-electron chi connectivity index (χ1n) is 9.00. The predicted molar refractivity (Wildman–Crippen MR) is 94.3 cm³/mol. The Hall–Kier alpha value is -2.50. The second-order valence-electron chi connectivity index (χ2n) is 6.95. The van der Waals surface area contributed by atoms with Crippen molar-refractivity contribution in [2.75, 3.05) is 5.32 Å². The molecule has 0 unspecified atom stereocenters. The number of hydrogen-bond acceptors (Lipinski definition) is 5. The first kappa shape index (κ1) is 16.0. The van der Waals surface area contributed by atoms with Crippen LogP contribution in [0, 0.1) is 5.92 Å². The van der Waals surface area contributed by atoms with Crippen LogP contribution < -0.4 is 5.32 Å². The zero-order chi connectivity index (χ0) is 17.2. The summed E-state index contributed by atoms with van der Waals surface area (Å²) in [6, 6.07) is 4.16. The molecule has 6 heteroatoms. The topological polar surface area (TPSA) is 88.0 Å². The fourth-order valence-corrected chi connectivity index (χ4v) is 3.85. The lowest BCUT2D eigenvalue weighted by atomic mass is 9.86. The number of nitrogens with zero attached hydrogens (tertiary/aromatic N) is 3. The molecule has 0 spiro atoms. The van der Waals surface area contributed by atoms with Gasteiger partial charge in [-0.1, -0.05) is 0 Å². The highest BCUT2D eigenvalue weighted by atomic mass is 16.4. The van der Waals surface area contributed by atoms with Gasteiger partial charge in [-0.2, -0.15) is 0 Å². The molecular weight excluding hydrogens is 316 g/mol. The predicted octanol–water partition coefficient (Wildman–Crippen LogP) is 3.08. The Labute approximate surface area is 146 Å². The third-order valence-electron chi connectivity index (χ3n) is 5.27. The standard InChI is InChI=1S/C19H22N4O2/c24-19(25)12-6-8-14(9-7-12)21-18-15-4-1-5-16(15)22-17(23-18)13-3-2-10-20-11-13/h2-3,10-12,14H,1,4-9H2,(H,24,25)(H,21,22,23). The highest BCUT2D eigenvalue weighted by Crippen LogP contribution is 2.32.